The van der Waals surface area contributed by atoms with E-state index in [1.54, 1.807) is 7.11 Å². The smallest absolute Gasteiger partial charge is 0.267 e. The number of carbonyl (C=O) groups is 1. The molecular formula is C14H24N4O2S. The highest BCUT2D eigenvalue weighted by Crippen LogP contribution is 2.30. The van der Waals surface area contributed by atoms with E-state index in [1.165, 1.54) is 30.6 Å². The molecule has 0 radical (unpaired) electrons. The van der Waals surface area contributed by atoms with Crippen molar-refractivity contribution >= 4 is 28.2 Å². The van der Waals surface area contributed by atoms with Gasteiger partial charge in [0.25, 0.3) is 5.91 Å². The lowest BCUT2D eigenvalue weighted by Crippen LogP contribution is -2.37. The summed E-state index contributed by atoms with van der Waals surface area (Å²) in [5.41, 5.74) is 5.90. The maximum Gasteiger partial charge on any atom is 0.267 e. The summed E-state index contributed by atoms with van der Waals surface area (Å²) in [5.74, 6) is 0.971. The average molecular weight is 312 g/mol. The molecule has 6 nitrogen and oxygen atoms in total. The largest absolute Gasteiger partial charge is 0.383 e. The SMILES string of the molecule is CCN(CC1CCC1)C(=O)c1sc(NCCOC)nc1N. The normalized spacial score (nSPS) is 14.8. The fraction of sp³-hybridized carbons (Fsp3) is 0.714. The molecule has 0 atom stereocenters. The second-order valence-corrected chi connectivity index (χ2v) is 6.29. The van der Waals surface area contributed by atoms with E-state index in [-0.39, 0.29) is 5.91 Å². The highest BCUT2D eigenvalue weighted by atomic mass is 32.1. The molecule has 0 bridgehead atoms. The van der Waals surface area contributed by atoms with Crippen LogP contribution in [-0.2, 0) is 4.74 Å². The molecule has 0 aliphatic heterocycles. The van der Waals surface area contributed by atoms with Gasteiger partial charge in [-0.2, -0.15) is 0 Å². The van der Waals surface area contributed by atoms with Gasteiger partial charge >= 0.3 is 0 Å². The lowest BCUT2D eigenvalue weighted by molar-refractivity contribution is 0.0712. The molecule has 118 valence electrons. The molecular weight excluding hydrogens is 288 g/mol. The third-order valence-electron chi connectivity index (χ3n) is 3.80. The molecule has 0 aromatic carbocycles. The molecule has 0 unspecified atom stereocenters. The summed E-state index contributed by atoms with van der Waals surface area (Å²) >= 11 is 1.32. The van der Waals surface area contributed by atoms with Crippen molar-refractivity contribution in [3.05, 3.63) is 4.88 Å². The number of nitrogens with two attached hydrogens (primary N) is 1. The van der Waals surface area contributed by atoms with Crippen LogP contribution in [-0.4, -0.2) is 49.1 Å². The van der Waals surface area contributed by atoms with E-state index < -0.39 is 0 Å². The second-order valence-electron chi connectivity index (χ2n) is 5.29. The van der Waals surface area contributed by atoms with Crippen LogP contribution in [0.4, 0.5) is 10.9 Å². The van der Waals surface area contributed by atoms with Crippen LogP contribution in [0.25, 0.3) is 0 Å². The molecule has 0 saturated heterocycles. The van der Waals surface area contributed by atoms with E-state index in [0.29, 0.717) is 41.4 Å². The number of thiazole rings is 1. The third kappa shape index (κ3) is 4.07. The maximum atomic E-state index is 12.6. The van der Waals surface area contributed by atoms with Gasteiger partial charge in [0.15, 0.2) is 5.13 Å². The number of hydrogen-bond acceptors (Lipinski definition) is 6. The Morgan fingerprint density at radius 1 is 1.57 bits per heavy atom. The maximum absolute atomic E-state index is 12.6. The van der Waals surface area contributed by atoms with E-state index >= 15 is 0 Å². The molecule has 3 N–H and O–H groups in total. The standard InChI is InChI=1S/C14H24N4O2S/c1-3-18(9-10-5-4-6-10)13(19)11-12(15)17-14(21-11)16-7-8-20-2/h10H,3-9,15H2,1-2H3,(H,16,17). The molecule has 1 heterocycles. The topological polar surface area (TPSA) is 80.5 Å². The first-order chi connectivity index (χ1) is 10.2. The number of rotatable bonds is 8. The van der Waals surface area contributed by atoms with Gasteiger partial charge in [-0.15, -0.1) is 0 Å². The first kappa shape index (κ1) is 16.0. The lowest BCUT2D eigenvalue weighted by Gasteiger charge is -2.31. The van der Waals surface area contributed by atoms with Gasteiger partial charge in [-0.1, -0.05) is 17.8 Å². The van der Waals surface area contributed by atoms with E-state index in [2.05, 4.69) is 10.3 Å². The van der Waals surface area contributed by atoms with Gasteiger partial charge in [0.2, 0.25) is 0 Å². The molecule has 0 spiro atoms. The van der Waals surface area contributed by atoms with Crippen LogP contribution in [0.3, 0.4) is 0 Å². The molecule has 1 aromatic heterocycles. The Kier molecular flexibility index (Phi) is 5.81. The van der Waals surface area contributed by atoms with Gasteiger partial charge in [0.1, 0.15) is 10.7 Å². The predicted molar refractivity (Wildman–Crippen MR) is 85.8 cm³/mol. The summed E-state index contributed by atoms with van der Waals surface area (Å²) in [5, 5.41) is 3.79. The second kappa shape index (κ2) is 7.61. The highest BCUT2D eigenvalue weighted by molar-refractivity contribution is 7.18. The van der Waals surface area contributed by atoms with Crippen LogP contribution < -0.4 is 11.1 Å². The number of carbonyl (C=O) groups excluding carboxylic acids is 1. The number of nitrogen functional groups attached to an aromatic ring is 1. The molecule has 1 fully saturated rings. The van der Waals surface area contributed by atoms with Crippen LogP contribution in [0.15, 0.2) is 0 Å². The van der Waals surface area contributed by atoms with Crippen LogP contribution in [0, 0.1) is 5.92 Å². The average Bonchev–Trinajstić information content (AvgIpc) is 2.79. The van der Waals surface area contributed by atoms with Gasteiger partial charge in [-0.3, -0.25) is 4.79 Å². The van der Waals surface area contributed by atoms with Crippen LogP contribution >= 0.6 is 11.3 Å². The van der Waals surface area contributed by atoms with Crippen LogP contribution in [0.5, 0.6) is 0 Å². The number of anilines is 2. The van der Waals surface area contributed by atoms with Crippen molar-refractivity contribution in [1.29, 1.82) is 0 Å². The first-order valence-corrected chi connectivity index (χ1v) is 8.25. The Bertz CT molecular complexity index is 474. The van der Waals surface area contributed by atoms with E-state index in [0.717, 1.165) is 6.54 Å². The quantitative estimate of drug-likeness (QED) is 0.718. The molecule has 1 aliphatic rings. The summed E-state index contributed by atoms with van der Waals surface area (Å²) in [6.45, 7) is 4.78. The molecule has 1 amide bonds. The number of aromatic nitrogens is 1. The zero-order valence-electron chi connectivity index (χ0n) is 12.7. The lowest BCUT2D eigenvalue weighted by atomic mass is 9.85. The Hall–Kier alpha value is -1.34. The van der Waals surface area contributed by atoms with Crippen LogP contribution in [0.1, 0.15) is 35.9 Å². The number of hydrogen-bond donors (Lipinski definition) is 2. The minimum Gasteiger partial charge on any atom is -0.383 e. The number of ether oxygens (including phenoxy) is 1. The minimum absolute atomic E-state index is 0.000749. The van der Waals surface area contributed by atoms with Gasteiger partial charge < -0.3 is 20.7 Å². The Balaban J connectivity index is 1.99. The van der Waals surface area contributed by atoms with Gasteiger partial charge in [-0.05, 0) is 25.7 Å². The molecule has 21 heavy (non-hydrogen) atoms. The molecule has 1 aliphatic carbocycles. The Labute approximate surface area is 129 Å². The van der Waals surface area contributed by atoms with Crippen molar-refractivity contribution in [2.75, 3.05) is 44.4 Å². The predicted octanol–water partition coefficient (Wildman–Crippen LogP) is 2.05. The summed E-state index contributed by atoms with van der Waals surface area (Å²) < 4.78 is 4.97. The Morgan fingerprint density at radius 2 is 2.33 bits per heavy atom. The zero-order chi connectivity index (χ0) is 15.2. The summed E-state index contributed by atoms with van der Waals surface area (Å²) in [7, 11) is 1.65. The minimum atomic E-state index is -0.000749. The first-order valence-electron chi connectivity index (χ1n) is 7.44. The highest BCUT2D eigenvalue weighted by Gasteiger charge is 2.26. The zero-order valence-corrected chi connectivity index (χ0v) is 13.5. The van der Waals surface area contributed by atoms with Gasteiger partial charge in [-0.25, -0.2) is 4.98 Å². The summed E-state index contributed by atoms with van der Waals surface area (Å²) in [6, 6.07) is 0. The molecule has 1 aromatic rings. The number of nitrogens with zero attached hydrogens (tertiary/aromatic N) is 2. The summed E-state index contributed by atoms with van der Waals surface area (Å²) in [4.78, 5) is 19.2. The van der Waals surface area contributed by atoms with Crippen molar-refractivity contribution in [3.63, 3.8) is 0 Å². The molecule has 1 saturated carbocycles. The van der Waals surface area contributed by atoms with Crippen molar-refractivity contribution in [2.24, 2.45) is 5.92 Å². The van der Waals surface area contributed by atoms with E-state index in [9.17, 15) is 4.79 Å². The number of methoxy groups -OCH3 is 1. The number of amides is 1. The van der Waals surface area contributed by atoms with Gasteiger partial charge in [0, 0.05) is 26.7 Å². The fourth-order valence-electron chi connectivity index (χ4n) is 2.31. The summed E-state index contributed by atoms with van der Waals surface area (Å²) in [6.07, 6.45) is 3.74. The van der Waals surface area contributed by atoms with Crippen molar-refractivity contribution in [2.45, 2.75) is 26.2 Å². The third-order valence-corrected chi connectivity index (χ3v) is 4.82. The Morgan fingerprint density at radius 3 is 2.90 bits per heavy atom. The van der Waals surface area contributed by atoms with E-state index in [4.69, 9.17) is 10.5 Å². The van der Waals surface area contributed by atoms with Gasteiger partial charge in [0.05, 0.1) is 6.61 Å². The molecule has 2 rings (SSSR count). The van der Waals surface area contributed by atoms with Crippen molar-refractivity contribution in [1.82, 2.24) is 9.88 Å². The van der Waals surface area contributed by atoms with Crippen LogP contribution in [0.2, 0.25) is 0 Å². The fourth-order valence-corrected chi connectivity index (χ4v) is 3.19. The number of nitrogens with one attached hydrogen (secondary N) is 1. The molecule has 7 heteroatoms. The van der Waals surface area contributed by atoms with E-state index in [1.807, 2.05) is 11.8 Å². The monoisotopic (exact) mass is 312 g/mol. The van der Waals surface area contributed by atoms with Crippen molar-refractivity contribution < 1.29 is 9.53 Å². The van der Waals surface area contributed by atoms with Crippen molar-refractivity contribution in [3.8, 4) is 0 Å².